The molecule has 0 N–H and O–H groups in total. The molecule has 0 spiro atoms. The first-order chi connectivity index (χ1) is 14.2. The summed E-state index contributed by atoms with van der Waals surface area (Å²) in [6.07, 6.45) is 2.37. The largest absolute Gasteiger partial charge is 0.493 e. The lowest BCUT2D eigenvalue weighted by atomic mass is 10.2. The number of aromatic nitrogens is 2. The summed E-state index contributed by atoms with van der Waals surface area (Å²) in [5, 5.41) is 1.33. The number of hydrogen-bond donors (Lipinski definition) is 0. The minimum absolute atomic E-state index is 0.0415. The van der Waals surface area contributed by atoms with Crippen LogP contribution in [0, 0.1) is 0 Å². The molecule has 6 nitrogen and oxygen atoms in total. The fourth-order valence-electron chi connectivity index (χ4n) is 3.50. The van der Waals surface area contributed by atoms with Gasteiger partial charge in [-0.15, -0.1) is 0 Å². The summed E-state index contributed by atoms with van der Waals surface area (Å²) in [7, 11) is 3.21. The second-order valence-electron chi connectivity index (χ2n) is 6.94. The van der Waals surface area contributed by atoms with E-state index >= 15 is 0 Å². The van der Waals surface area contributed by atoms with Crippen molar-refractivity contribution in [2.24, 2.45) is 0 Å². The highest BCUT2D eigenvalue weighted by Crippen LogP contribution is 2.29. The predicted octanol–water partition coefficient (Wildman–Crippen LogP) is 3.73. The molecule has 0 unspecified atom stereocenters. The molecule has 29 heavy (non-hydrogen) atoms. The maximum Gasteiger partial charge on any atom is 0.262 e. The molecule has 3 aromatic rings. The van der Waals surface area contributed by atoms with Crippen LogP contribution in [0.3, 0.4) is 0 Å². The van der Waals surface area contributed by atoms with Crippen LogP contribution in [0.5, 0.6) is 11.5 Å². The van der Waals surface area contributed by atoms with Gasteiger partial charge in [-0.2, -0.15) is 0 Å². The fourth-order valence-corrected chi connectivity index (χ4v) is 4.57. The van der Waals surface area contributed by atoms with Crippen LogP contribution in [-0.2, 0) is 11.3 Å². The molecule has 0 amide bonds. The smallest absolute Gasteiger partial charge is 0.262 e. The Morgan fingerprint density at radius 1 is 1.17 bits per heavy atom. The minimum atomic E-state index is -0.0415. The third-order valence-corrected chi connectivity index (χ3v) is 6.15. The number of ether oxygens (including phenoxy) is 3. The van der Waals surface area contributed by atoms with E-state index in [9.17, 15) is 4.79 Å². The van der Waals surface area contributed by atoms with Gasteiger partial charge in [-0.25, -0.2) is 4.98 Å². The summed E-state index contributed by atoms with van der Waals surface area (Å²) in [6.45, 7) is 1.22. The van der Waals surface area contributed by atoms with Crippen molar-refractivity contribution in [2.45, 2.75) is 30.6 Å². The molecular formula is C22H24N2O4S. The molecule has 0 aliphatic carbocycles. The number of rotatable bonds is 7. The van der Waals surface area contributed by atoms with Crippen LogP contribution in [0.25, 0.3) is 10.9 Å². The van der Waals surface area contributed by atoms with Crippen molar-refractivity contribution in [1.29, 1.82) is 0 Å². The zero-order valence-electron chi connectivity index (χ0n) is 16.6. The second-order valence-corrected chi connectivity index (χ2v) is 7.93. The molecule has 1 fully saturated rings. The monoisotopic (exact) mass is 412 g/mol. The van der Waals surface area contributed by atoms with Crippen LogP contribution in [0.2, 0.25) is 0 Å². The lowest BCUT2D eigenvalue weighted by molar-refractivity contribution is 0.129. The lowest BCUT2D eigenvalue weighted by Crippen LogP contribution is -2.24. The maximum absolute atomic E-state index is 13.2. The van der Waals surface area contributed by atoms with Crippen LogP contribution in [0.15, 0.2) is 52.4 Å². The van der Waals surface area contributed by atoms with E-state index in [0.717, 1.165) is 36.3 Å². The Balaban J connectivity index is 1.71. The highest BCUT2D eigenvalue weighted by atomic mass is 32.2. The van der Waals surface area contributed by atoms with Crippen LogP contribution in [0.1, 0.15) is 18.4 Å². The van der Waals surface area contributed by atoms with Gasteiger partial charge in [-0.1, -0.05) is 30.0 Å². The number of methoxy groups -OCH3 is 2. The molecule has 1 atom stereocenters. The second kappa shape index (κ2) is 8.88. The average Bonchev–Trinajstić information content (AvgIpc) is 3.28. The molecule has 0 radical (unpaired) electrons. The summed E-state index contributed by atoms with van der Waals surface area (Å²) in [5.74, 6) is 2.09. The van der Waals surface area contributed by atoms with Gasteiger partial charge >= 0.3 is 0 Å². The van der Waals surface area contributed by atoms with Crippen molar-refractivity contribution in [3.63, 3.8) is 0 Å². The third-order valence-electron chi connectivity index (χ3n) is 5.04. The third kappa shape index (κ3) is 4.26. The summed E-state index contributed by atoms with van der Waals surface area (Å²) in [5.41, 5.74) is 1.62. The van der Waals surface area contributed by atoms with Crippen LogP contribution in [-0.4, -0.2) is 42.2 Å². The molecule has 0 bridgehead atoms. The van der Waals surface area contributed by atoms with Gasteiger partial charge in [-0.05, 0) is 42.7 Å². The van der Waals surface area contributed by atoms with E-state index in [0.29, 0.717) is 28.6 Å². The van der Waals surface area contributed by atoms with E-state index in [4.69, 9.17) is 19.2 Å². The Bertz CT molecular complexity index is 1060. The van der Waals surface area contributed by atoms with Gasteiger partial charge in [-0.3, -0.25) is 9.36 Å². The fraction of sp³-hybridized carbons (Fsp3) is 0.364. The molecule has 4 rings (SSSR count). The average molecular weight is 413 g/mol. The van der Waals surface area contributed by atoms with E-state index in [1.165, 1.54) is 0 Å². The first-order valence-electron chi connectivity index (χ1n) is 9.64. The lowest BCUT2D eigenvalue weighted by Gasteiger charge is -2.16. The number of thioether (sulfide) groups is 1. The van der Waals surface area contributed by atoms with Gasteiger partial charge in [0.05, 0.1) is 37.8 Å². The van der Waals surface area contributed by atoms with E-state index in [-0.39, 0.29) is 11.7 Å². The standard InChI is InChI=1S/C22H24N2O4S/c1-26-19-10-9-15(12-20(19)27-2)13-24-21(25)17-7-3-4-8-18(17)23-22(24)29-14-16-6-5-11-28-16/h3-4,7-10,12,16H,5-6,11,13-14H2,1-2H3/t16-/m1/s1. The zero-order chi connectivity index (χ0) is 20.2. The van der Waals surface area contributed by atoms with Crippen molar-refractivity contribution in [3.05, 3.63) is 58.4 Å². The highest BCUT2D eigenvalue weighted by molar-refractivity contribution is 7.99. The molecule has 2 heterocycles. The number of benzene rings is 2. The van der Waals surface area contributed by atoms with Gasteiger partial charge in [0.1, 0.15) is 0 Å². The summed E-state index contributed by atoms with van der Waals surface area (Å²) in [4.78, 5) is 18.0. The number of hydrogen-bond acceptors (Lipinski definition) is 6. The summed E-state index contributed by atoms with van der Waals surface area (Å²) >= 11 is 1.58. The highest BCUT2D eigenvalue weighted by Gasteiger charge is 2.19. The SMILES string of the molecule is COc1ccc(Cn2c(SC[C@H]3CCCO3)nc3ccccc3c2=O)cc1OC. The van der Waals surface area contributed by atoms with Crippen molar-refractivity contribution >= 4 is 22.7 Å². The molecule has 0 saturated carbocycles. The quantitative estimate of drug-likeness (QED) is 0.435. The van der Waals surface area contributed by atoms with Crippen LogP contribution < -0.4 is 15.0 Å². The van der Waals surface area contributed by atoms with E-state index < -0.39 is 0 Å². The van der Waals surface area contributed by atoms with Gasteiger partial charge < -0.3 is 14.2 Å². The number of nitrogens with zero attached hydrogens (tertiary/aromatic N) is 2. The Kier molecular flexibility index (Phi) is 6.06. The van der Waals surface area contributed by atoms with Crippen molar-refractivity contribution in [2.75, 3.05) is 26.6 Å². The number of fused-ring (bicyclic) bond motifs is 1. The zero-order valence-corrected chi connectivity index (χ0v) is 17.4. The molecule has 1 aliphatic heterocycles. The molecular weight excluding hydrogens is 388 g/mol. The Hall–Kier alpha value is -2.51. The van der Waals surface area contributed by atoms with Crippen molar-refractivity contribution in [3.8, 4) is 11.5 Å². The molecule has 1 aromatic heterocycles. The first-order valence-corrected chi connectivity index (χ1v) is 10.6. The molecule has 1 saturated heterocycles. The van der Waals surface area contributed by atoms with Crippen LogP contribution in [0.4, 0.5) is 0 Å². The Morgan fingerprint density at radius 2 is 2.00 bits per heavy atom. The van der Waals surface area contributed by atoms with E-state index in [1.807, 2.05) is 42.5 Å². The van der Waals surface area contributed by atoms with Gasteiger partial charge in [0.25, 0.3) is 5.56 Å². The predicted molar refractivity (Wildman–Crippen MR) is 114 cm³/mol. The topological polar surface area (TPSA) is 62.6 Å². The first kappa shape index (κ1) is 19.8. The Morgan fingerprint density at radius 3 is 2.76 bits per heavy atom. The molecule has 152 valence electrons. The maximum atomic E-state index is 13.2. The summed E-state index contributed by atoms with van der Waals surface area (Å²) in [6, 6.07) is 13.2. The number of para-hydroxylation sites is 1. The minimum Gasteiger partial charge on any atom is -0.493 e. The van der Waals surface area contributed by atoms with Gasteiger partial charge in [0, 0.05) is 12.4 Å². The van der Waals surface area contributed by atoms with Gasteiger partial charge in [0.2, 0.25) is 0 Å². The normalized spacial score (nSPS) is 16.3. The Labute approximate surface area is 173 Å². The molecule has 7 heteroatoms. The van der Waals surface area contributed by atoms with E-state index in [2.05, 4.69) is 0 Å². The van der Waals surface area contributed by atoms with Crippen molar-refractivity contribution in [1.82, 2.24) is 9.55 Å². The van der Waals surface area contributed by atoms with Gasteiger partial charge in [0.15, 0.2) is 16.7 Å². The summed E-state index contributed by atoms with van der Waals surface area (Å²) < 4.78 is 18.2. The van der Waals surface area contributed by atoms with Crippen LogP contribution >= 0.6 is 11.8 Å². The molecule has 1 aliphatic rings. The molecule has 2 aromatic carbocycles. The van der Waals surface area contributed by atoms with Crippen molar-refractivity contribution < 1.29 is 14.2 Å². The van der Waals surface area contributed by atoms with E-state index in [1.54, 1.807) is 30.5 Å².